The van der Waals surface area contributed by atoms with Gasteiger partial charge in [-0.15, -0.1) is 6.58 Å². The second-order valence-electron chi connectivity index (χ2n) is 7.98. The average molecular weight is 424 g/mol. The molecule has 1 saturated heterocycles. The number of nitrogens with one attached hydrogen (secondary N) is 2. The van der Waals surface area contributed by atoms with Gasteiger partial charge in [0.15, 0.2) is 0 Å². The molecule has 0 aromatic heterocycles. The zero-order valence-electron chi connectivity index (χ0n) is 16.7. The van der Waals surface area contributed by atoms with Crippen molar-refractivity contribution in [3.63, 3.8) is 0 Å². The molecule has 0 spiro atoms. The molecular weight excluding hydrogens is 393 g/mol. The molecule has 0 unspecified atom stereocenters. The van der Waals surface area contributed by atoms with Crippen LogP contribution in [0.3, 0.4) is 0 Å². The number of hydrogen-bond donors (Lipinski definition) is 2. The number of sulfonamides is 1. The Morgan fingerprint density at radius 1 is 1.21 bits per heavy atom. The van der Waals surface area contributed by atoms with Gasteiger partial charge in [0.2, 0.25) is 10.0 Å². The molecule has 2 aliphatic rings. The molecule has 1 heterocycles. The predicted octanol–water partition coefficient (Wildman–Crippen LogP) is 2.67. The fraction of sp³-hybridized carbons (Fsp3) is 0.571. The molecule has 1 aromatic rings. The Labute approximate surface area is 172 Å². The molecule has 8 heteroatoms. The van der Waals surface area contributed by atoms with Gasteiger partial charge in [0, 0.05) is 37.8 Å². The smallest absolute Gasteiger partial charge is 0.251 e. The van der Waals surface area contributed by atoms with Crippen LogP contribution in [0.4, 0.5) is 4.39 Å². The van der Waals surface area contributed by atoms with Crippen LogP contribution in [-0.4, -0.2) is 51.4 Å². The lowest BCUT2D eigenvalue weighted by atomic mass is 10.0. The van der Waals surface area contributed by atoms with Crippen LogP contribution in [0.25, 0.3) is 0 Å². The number of carbonyl (C=O) groups excluding carboxylic acids is 1. The third-order valence-electron chi connectivity index (χ3n) is 5.81. The van der Waals surface area contributed by atoms with Gasteiger partial charge in [0.05, 0.1) is 0 Å². The minimum Gasteiger partial charge on any atom is -0.349 e. The van der Waals surface area contributed by atoms with Gasteiger partial charge in [-0.1, -0.05) is 18.9 Å². The van der Waals surface area contributed by atoms with Gasteiger partial charge in [0.1, 0.15) is 10.7 Å². The Kier molecular flexibility index (Phi) is 7.43. The standard InChI is InChI=1S/C21H30FN3O3S/c1-2-11-23-29(27,28)20-14-17(7-8-19(20)22)21(26)24-18-9-12-25(13-10-18)15-16-5-3-4-6-16/h2,7-8,14,16,18,23H,1,3-6,9-13,15H2,(H,24,26). The fourth-order valence-electron chi connectivity index (χ4n) is 4.18. The molecule has 29 heavy (non-hydrogen) atoms. The van der Waals surface area contributed by atoms with Gasteiger partial charge in [-0.05, 0) is 49.8 Å². The van der Waals surface area contributed by atoms with E-state index in [2.05, 4.69) is 21.5 Å². The minimum absolute atomic E-state index is 0.0162. The number of nitrogens with zero attached hydrogens (tertiary/aromatic N) is 1. The normalized spacial score (nSPS) is 19.3. The summed E-state index contributed by atoms with van der Waals surface area (Å²) in [5.41, 5.74) is 0.138. The summed E-state index contributed by atoms with van der Waals surface area (Å²) < 4.78 is 40.7. The van der Waals surface area contributed by atoms with Gasteiger partial charge < -0.3 is 10.2 Å². The zero-order valence-corrected chi connectivity index (χ0v) is 17.5. The molecular formula is C21H30FN3O3S. The molecule has 2 N–H and O–H groups in total. The molecule has 0 bridgehead atoms. The van der Waals surface area contributed by atoms with E-state index in [9.17, 15) is 17.6 Å². The molecule has 1 aromatic carbocycles. The molecule has 6 nitrogen and oxygen atoms in total. The number of likely N-dealkylation sites (tertiary alicyclic amines) is 1. The van der Waals surface area contributed by atoms with Gasteiger partial charge in [-0.3, -0.25) is 4.79 Å². The highest BCUT2D eigenvalue weighted by molar-refractivity contribution is 7.89. The molecule has 160 valence electrons. The van der Waals surface area contributed by atoms with E-state index < -0.39 is 20.7 Å². The monoisotopic (exact) mass is 423 g/mol. The Morgan fingerprint density at radius 3 is 2.55 bits per heavy atom. The van der Waals surface area contributed by atoms with Crippen molar-refractivity contribution < 1.29 is 17.6 Å². The van der Waals surface area contributed by atoms with Gasteiger partial charge in [-0.2, -0.15) is 0 Å². The lowest BCUT2D eigenvalue weighted by molar-refractivity contribution is 0.0905. The molecule has 0 radical (unpaired) electrons. The summed E-state index contributed by atoms with van der Waals surface area (Å²) in [6.07, 6.45) is 8.44. The van der Waals surface area contributed by atoms with E-state index in [0.717, 1.165) is 50.5 Å². The van der Waals surface area contributed by atoms with Crippen LogP contribution in [0.5, 0.6) is 0 Å². The van der Waals surface area contributed by atoms with Crippen LogP contribution < -0.4 is 10.0 Å². The van der Waals surface area contributed by atoms with Crippen molar-refractivity contribution in [3.05, 3.63) is 42.2 Å². The molecule has 1 amide bonds. The molecule has 2 fully saturated rings. The van der Waals surface area contributed by atoms with Gasteiger partial charge in [0.25, 0.3) is 5.91 Å². The Hall–Kier alpha value is -1.77. The first-order valence-electron chi connectivity index (χ1n) is 10.3. The van der Waals surface area contributed by atoms with Crippen LogP contribution in [0.1, 0.15) is 48.9 Å². The Bertz CT molecular complexity index is 830. The number of hydrogen-bond acceptors (Lipinski definition) is 4. The van der Waals surface area contributed by atoms with Crippen LogP contribution >= 0.6 is 0 Å². The zero-order chi connectivity index (χ0) is 20.9. The number of benzene rings is 1. The van der Waals surface area contributed by atoms with Crippen molar-refractivity contribution in [2.75, 3.05) is 26.2 Å². The van der Waals surface area contributed by atoms with E-state index in [1.807, 2.05) is 0 Å². The summed E-state index contributed by atoms with van der Waals surface area (Å²) in [4.78, 5) is 14.5. The van der Waals surface area contributed by atoms with Crippen LogP contribution in [0.2, 0.25) is 0 Å². The Balaban J connectivity index is 1.57. The van der Waals surface area contributed by atoms with E-state index in [-0.39, 0.29) is 24.1 Å². The van der Waals surface area contributed by atoms with Crippen molar-refractivity contribution >= 4 is 15.9 Å². The van der Waals surface area contributed by atoms with E-state index in [1.165, 1.54) is 37.8 Å². The summed E-state index contributed by atoms with van der Waals surface area (Å²) in [5.74, 6) is -0.451. The van der Waals surface area contributed by atoms with Crippen molar-refractivity contribution in [1.82, 2.24) is 14.9 Å². The maximum Gasteiger partial charge on any atom is 0.251 e. The van der Waals surface area contributed by atoms with Crippen molar-refractivity contribution in [3.8, 4) is 0 Å². The summed E-state index contributed by atoms with van der Waals surface area (Å²) in [6, 6.07) is 3.46. The fourth-order valence-corrected chi connectivity index (χ4v) is 5.28. The maximum absolute atomic E-state index is 14.0. The number of piperidine rings is 1. The largest absolute Gasteiger partial charge is 0.349 e. The molecule has 3 rings (SSSR count). The van der Waals surface area contributed by atoms with E-state index in [0.29, 0.717) is 0 Å². The second-order valence-corrected chi connectivity index (χ2v) is 9.72. The number of carbonyl (C=O) groups is 1. The lowest BCUT2D eigenvalue weighted by Crippen LogP contribution is -2.45. The molecule has 1 saturated carbocycles. The number of rotatable bonds is 8. The van der Waals surface area contributed by atoms with E-state index in [4.69, 9.17) is 0 Å². The summed E-state index contributed by atoms with van der Waals surface area (Å²) in [5, 5.41) is 2.97. The van der Waals surface area contributed by atoms with Gasteiger partial charge >= 0.3 is 0 Å². The summed E-state index contributed by atoms with van der Waals surface area (Å²) >= 11 is 0. The first kappa shape index (κ1) is 21.9. The van der Waals surface area contributed by atoms with Crippen LogP contribution in [0.15, 0.2) is 35.7 Å². The summed E-state index contributed by atoms with van der Waals surface area (Å²) in [6.45, 7) is 6.48. The minimum atomic E-state index is -4.04. The second kappa shape index (κ2) is 9.82. The summed E-state index contributed by atoms with van der Waals surface area (Å²) in [7, 11) is -4.04. The quantitative estimate of drug-likeness (QED) is 0.630. The van der Waals surface area contributed by atoms with Crippen molar-refractivity contribution in [2.45, 2.75) is 49.5 Å². The molecule has 1 aliphatic heterocycles. The van der Waals surface area contributed by atoms with E-state index >= 15 is 0 Å². The number of amides is 1. The van der Waals surface area contributed by atoms with Crippen LogP contribution in [0, 0.1) is 11.7 Å². The first-order valence-corrected chi connectivity index (χ1v) is 11.8. The Morgan fingerprint density at radius 2 is 1.90 bits per heavy atom. The third-order valence-corrected chi connectivity index (χ3v) is 7.25. The molecule has 0 atom stereocenters. The highest BCUT2D eigenvalue weighted by atomic mass is 32.2. The lowest BCUT2D eigenvalue weighted by Gasteiger charge is -2.33. The predicted molar refractivity (Wildman–Crippen MR) is 111 cm³/mol. The van der Waals surface area contributed by atoms with Crippen LogP contribution in [-0.2, 0) is 10.0 Å². The van der Waals surface area contributed by atoms with Crippen molar-refractivity contribution in [2.24, 2.45) is 5.92 Å². The highest BCUT2D eigenvalue weighted by Crippen LogP contribution is 2.26. The maximum atomic E-state index is 14.0. The molecule has 1 aliphatic carbocycles. The first-order chi connectivity index (χ1) is 13.9. The third kappa shape index (κ3) is 5.87. The number of halogens is 1. The topological polar surface area (TPSA) is 78.5 Å². The van der Waals surface area contributed by atoms with Crippen molar-refractivity contribution in [1.29, 1.82) is 0 Å². The van der Waals surface area contributed by atoms with E-state index in [1.54, 1.807) is 0 Å². The SMILES string of the molecule is C=CCNS(=O)(=O)c1cc(C(=O)NC2CCN(CC3CCCC3)CC2)ccc1F. The van der Waals surface area contributed by atoms with Gasteiger partial charge in [-0.25, -0.2) is 17.5 Å². The highest BCUT2D eigenvalue weighted by Gasteiger charge is 2.25. The average Bonchev–Trinajstić information content (AvgIpc) is 3.21.